The lowest BCUT2D eigenvalue weighted by atomic mass is 10.1. The van der Waals surface area contributed by atoms with Crippen molar-refractivity contribution < 1.29 is 8.42 Å². The first kappa shape index (κ1) is 17.2. The fourth-order valence-corrected chi connectivity index (χ4v) is 3.67. The summed E-state index contributed by atoms with van der Waals surface area (Å²) in [6.45, 7) is 6.49. The number of anilines is 1. The van der Waals surface area contributed by atoms with Gasteiger partial charge in [0.05, 0.1) is 23.3 Å². The van der Waals surface area contributed by atoms with Crippen LogP contribution in [0.1, 0.15) is 22.3 Å². The Bertz CT molecular complexity index is 1010. The third-order valence-electron chi connectivity index (χ3n) is 4.27. The summed E-state index contributed by atoms with van der Waals surface area (Å²) in [4.78, 5) is 0.252. The topological polar surface area (TPSA) is 64.0 Å². The second kappa shape index (κ2) is 6.72. The molecule has 0 bridgehead atoms. The van der Waals surface area contributed by atoms with Crippen molar-refractivity contribution in [2.75, 3.05) is 4.72 Å². The molecular weight excluding hydrogens is 334 g/mol. The van der Waals surface area contributed by atoms with Crippen molar-refractivity contribution in [3.63, 3.8) is 0 Å². The quantitative estimate of drug-likeness (QED) is 0.760. The van der Waals surface area contributed by atoms with Crippen molar-refractivity contribution in [1.82, 2.24) is 9.78 Å². The highest BCUT2D eigenvalue weighted by molar-refractivity contribution is 7.92. The van der Waals surface area contributed by atoms with E-state index < -0.39 is 10.0 Å². The fourth-order valence-electron chi connectivity index (χ4n) is 2.56. The van der Waals surface area contributed by atoms with Gasteiger partial charge in [-0.3, -0.25) is 9.40 Å². The lowest BCUT2D eigenvalue weighted by Gasteiger charge is -2.08. The molecule has 0 saturated heterocycles. The summed E-state index contributed by atoms with van der Waals surface area (Å²) in [5.74, 6) is 0. The second-order valence-electron chi connectivity index (χ2n) is 6.20. The summed E-state index contributed by atoms with van der Waals surface area (Å²) >= 11 is 0. The molecule has 130 valence electrons. The van der Waals surface area contributed by atoms with Gasteiger partial charge in [0.1, 0.15) is 0 Å². The largest absolute Gasteiger partial charge is 0.276 e. The molecule has 1 N–H and O–H groups in total. The third kappa shape index (κ3) is 3.91. The van der Waals surface area contributed by atoms with Gasteiger partial charge in [-0.1, -0.05) is 30.3 Å². The first-order valence-electron chi connectivity index (χ1n) is 8.02. The highest BCUT2D eigenvalue weighted by Gasteiger charge is 2.16. The van der Waals surface area contributed by atoms with Gasteiger partial charge in [-0.05, 0) is 55.2 Å². The van der Waals surface area contributed by atoms with Gasteiger partial charge in [-0.15, -0.1) is 0 Å². The van der Waals surface area contributed by atoms with E-state index in [0.29, 0.717) is 12.2 Å². The molecule has 0 radical (unpaired) electrons. The number of hydrogen-bond donors (Lipinski definition) is 1. The van der Waals surface area contributed by atoms with Crippen LogP contribution in [0.25, 0.3) is 0 Å². The maximum absolute atomic E-state index is 12.5. The van der Waals surface area contributed by atoms with Gasteiger partial charge in [-0.2, -0.15) is 5.10 Å². The van der Waals surface area contributed by atoms with Crippen LogP contribution in [0.15, 0.2) is 59.8 Å². The van der Waals surface area contributed by atoms with Crippen molar-refractivity contribution in [1.29, 1.82) is 0 Å². The molecule has 1 aromatic heterocycles. The molecule has 3 aromatic rings. The van der Waals surface area contributed by atoms with Crippen LogP contribution in [0, 0.1) is 20.8 Å². The molecule has 0 saturated carbocycles. The zero-order valence-electron chi connectivity index (χ0n) is 14.5. The molecule has 0 atom stereocenters. The summed E-state index contributed by atoms with van der Waals surface area (Å²) in [6.07, 6.45) is 3.22. The van der Waals surface area contributed by atoms with Crippen molar-refractivity contribution in [3.05, 3.63) is 77.1 Å². The highest BCUT2D eigenvalue weighted by Crippen LogP contribution is 2.19. The average molecular weight is 355 g/mol. The molecule has 0 aliphatic heterocycles. The van der Waals surface area contributed by atoms with Crippen LogP contribution in [0.2, 0.25) is 0 Å². The lowest BCUT2D eigenvalue weighted by molar-refractivity contribution is 0.601. The number of nitrogens with one attached hydrogen (secondary N) is 1. The Labute approximate surface area is 148 Å². The second-order valence-corrected chi connectivity index (χ2v) is 7.89. The molecule has 0 fully saturated rings. The summed E-state index contributed by atoms with van der Waals surface area (Å²) in [6, 6.07) is 13.2. The van der Waals surface area contributed by atoms with Crippen molar-refractivity contribution in [2.24, 2.45) is 0 Å². The molecule has 5 nitrogen and oxygen atoms in total. The summed E-state index contributed by atoms with van der Waals surface area (Å²) < 4.78 is 29.4. The summed E-state index contributed by atoms with van der Waals surface area (Å²) in [5.41, 5.74) is 4.78. The van der Waals surface area contributed by atoms with Crippen molar-refractivity contribution >= 4 is 15.7 Å². The molecule has 3 rings (SSSR count). The predicted octanol–water partition coefficient (Wildman–Crippen LogP) is 3.66. The summed E-state index contributed by atoms with van der Waals surface area (Å²) in [7, 11) is -3.62. The maximum Gasteiger partial charge on any atom is 0.262 e. The Hall–Kier alpha value is -2.60. The molecule has 25 heavy (non-hydrogen) atoms. The SMILES string of the molecule is Cc1ccc(S(=O)(=O)Nc2cnn(Cc3ccccc3C)c2)cc1C. The first-order valence-corrected chi connectivity index (χ1v) is 9.50. The van der Waals surface area contributed by atoms with E-state index >= 15 is 0 Å². The van der Waals surface area contributed by atoms with Crippen LogP contribution < -0.4 is 4.72 Å². The van der Waals surface area contributed by atoms with E-state index in [4.69, 9.17) is 0 Å². The van der Waals surface area contributed by atoms with E-state index in [2.05, 4.69) is 9.82 Å². The molecule has 0 aliphatic carbocycles. The fraction of sp³-hybridized carbons (Fsp3) is 0.211. The zero-order valence-corrected chi connectivity index (χ0v) is 15.3. The van der Waals surface area contributed by atoms with Crippen LogP contribution in [0.4, 0.5) is 5.69 Å². The van der Waals surface area contributed by atoms with E-state index in [1.54, 1.807) is 23.0 Å². The predicted molar refractivity (Wildman–Crippen MR) is 99.2 cm³/mol. The standard InChI is InChI=1S/C19H21N3O2S/c1-14-8-9-19(10-16(14)3)25(23,24)21-18-11-20-22(13-18)12-17-7-5-4-6-15(17)2/h4-11,13,21H,12H2,1-3H3. The number of hydrogen-bond acceptors (Lipinski definition) is 3. The number of aromatic nitrogens is 2. The number of rotatable bonds is 5. The van der Waals surface area contributed by atoms with Gasteiger partial charge in [-0.25, -0.2) is 8.42 Å². The molecule has 0 aliphatic rings. The van der Waals surface area contributed by atoms with E-state index in [9.17, 15) is 8.42 Å². The Morgan fingerprint density at radius 3 is 2.48 bits per heavy atom. The van der Waals surface area contributed by atoms with Crippen LogP contribution in [0.3, 0.4) is 0 Å². The smallest absolute Gasteiger partial charge is 0.262 e. The monoisotopic (exact) mass is 355 g/mol. The minimum absolute atomic E-state index is 0.252. The van der Waals surface area contributed by atoms with E-state index in [1.807, 2.05) is 51.1 Å². The Balaban J connectivity index is 1.78. The number of nitrogens with zero attached hydrogens (tertiary/aromatic N) is 2. The lowest BCUT2D eigenvalue weighted by Crippen LogP contribution is -2.13. The van der Waals surface area contributed by atoms with Gasteiger partial charge in [0.2, 0.25) is 0 Å². The normalized spacial score (nSPS) is 11.5. The number of aryl methyl sites for hydroxylation is 3. The third-order valence-corrected chi connectivity index (χ3v) is 5.65. The van der Waals surface area contributed by atoms with Gasteiger partial charge in [0.15, 0.2) is 0 Å². The van der Waals surface area contributed by atoms with E-state index in [-0.39, 0.29) is 4.90 Å². The molecule has 0 spiro atoms. The maximum atomic E-state index is 12.5. The van der Waals surface area contributed by atoms with Crippen LogP contribution in [0.5, 0.6) is 0 Å². The van der Waals surface area contributed by atoms with Crippen molar-refractivity contribution in [3.8, 4) is 0 Å². The molecular formula is C19H21N3O2S. The molecule has 2 aromatic carbocycles. The zero-order chi connectivity index (χ0) is 18.0. The van der Waals surface area contributed by atoms with Crippen LogP contribution in [-0.4, -0.2) is 18.2 Å². The van der Waals surface area contributed by atoms with Gasteiger partial charge >= 0.3 is 0 Å². The minimum Gasteiger partial charge on any atom is -0.276 e. The van der Waals surface area contributed by atoms with Gasteiger partial charge in [0, 0.05) is 6.20 Å². The van der Waals surface area contributed by atoms with Crippen LogP contribution in [-0.2, 0) is 16.6 Å². The van der Waals surface area contributed by atoms with Gasteiger partial charge < -0.3 is 0 Å². The van der Waals surface area contributed by atoms with Crippen LogP contribution >= 0.6 is 0 Å². The van der Waals surface area contributed by atoms with E-state index in [0.717, 1.165) is 16.7 Å². The average Bonchev–Trinajstić information content (AvgIpc) is 2.98. The van der Waals surface area contributed by atoms with E-state index in [1.165, 1.54) is 11.8 Å². The Morgan fingerprint density at radius 2 is 1.76 bits per heavy atom. The number of benzene rings is 2. The molecule has 0 unspecified atom stereocenters. The molecule has 1 heterocycles. The molecule has 6 heteroatoms. The Morgan fingerprint density at radius 1 is 1.00 bits per heavy atom. The van der Waals surface area contributed by atoms with Crippen molar-refractivity contribution in [2.45, 2.75) is 32.2 Å². The molecule has 0 amide bonds. The number of sulfonamides is 1. The van der Waals surface area contributed by atoms with Gasteiger partial charge in [0.25, 0.3) is 10.0 Å². The first-order chi connectivity index (χ1) is 11.8. The summed E-state index contributed by atoms with van der Waals surface area (Å²) in [5, 5.41) is 4.25. The highest BCUT2D eigenvalue weighted by atomic mass is 32.2. The Kier molecular flexibility index (Phi) is 4.63. The minimum atomic E-state index is -3.62.